The Morgan fingerprint density at radius 1 is 0.875 bits per heavy atom. The molecule has 1 aromatic carbocycles. The molecule has 0 saturated heterocycles. The molecule has 0 spiro atoms. The third-order valence-corrected chi connectivity index (χ3v) is 3.93. The number of rotatable bonds is 4. The Kier molecular flexibility index (Phi) is 5.30. The largest absolute Gasteiger partial charge is 0.460 e. The van der Waals surface area contributed by atoms with Crippen molar-refractivity contribution in [2.45, 2.75) is 24.2 Å². The normalized spacial score (nSPS) is 13.4. The zero-order chi connectivity index (χ0) is 24.1. The second-order valence-corrected chi connectivity index (χ2v) is 6.14. The van der Waals surface area contributed by atoms with E-state index in [0.717, 1.165) is 5.32 Å². The molecule has 6 nitrogen and oxygen atoms in total. The highest BCUT2D eigenvalue weighted by atomic mass is 19.4. The number of carbonyl (C=O) groups is 1. The first-order valence-corrected chi connectivity index (χ1v) is 8.10. The Labute approximate surface area is 169 Å². The molecule has 0 radical (unpaired) electrons. The van der Waals surface area contributed by atoms with E-state index in [1.165, 1.54) is 24.3 Å². The quantitative estimate of drug-likeness (QED) is 0.561. The zero-order valence-electron chi connectivity index (χ0n) is 14.9. The van der Waals surface area contributed by atoms with Crippen LogP contribution >= 0.6 is 0 Å². The third kappa shape index (κ3) is 3.91. The van der Waals surface area contributed by atoms with E-state index in [0.29, 0.717) is 6.07 Å². The second-order valence-electron chi connectivity index (χ2n) is 6.14. The Balaban J connectivity index is 2.05. The highest BCUT2D eigenvalue weighted by Crippen LogP contribution is 2.46. The summed E-state index contributed by atoms with van der Waals surface area (Å²) in [6.07, 6.45) is -11.9. The van der Waals surface area contributed by atoms with Crippen LogP contribution in [0.25, 0.3) is 17.0 Å². The van der Waals surface area contributed by atoms with Gasteiger partial charge in [0.1, 0.15) is 0 Å². The summed E-state index contributed by atoms with van der Waals surface area (Å²) in [4.78, 5) is 18.3. The molecule has 2 aromatic heterocycles. The summed E-state index contributed by atoms with van der Waals surface area (Å²) in [6.45, 7) is 0. The van der Waals surface area contributed by atoms with Gasteiger partial charge in [0, 0.05) is 5.56 Å². The summed E-state index contributed by atoms with van der Waals surface area (Å²) in [5.74, 6) is -18.6. The number of carbonyl (C=O) groups excluding carboxylic acids is 1. The molecule has 2 heterocycles. The van der Waals surface area contributed by atoms with Gasteiger partial charge in [-0.3, -0.25) is 10.1 Å². The summed E-state index contributed by atoms with van der Waals surface area (Å²) in [6, 6.07) is 7.73. The molecule has 16 heteroatoms. The summed E-state index contributed by atoms with van der Waals surface area (Å²) in [7, 11) is 0. The van der Waals surface area contributed by atoms with E-state index in [2.05, 4.69) is 15.1 Å². The van der Waals surface area contributed by atoms with E-state index in [9.17, 15) is 48.7 Å². The molecule has 0 atom stereocenters. The Hall–Kier alpha value is -3.46. The van der Waals surface area contributed by atoms with Gasteiger partial charge < -0.3 is 0 Å². The number of hydrogen-bond donors (Lipinski definition) is 1. The van der Waals surface area contributed by atoms with Crippen LogP contribution in [0.4, 0.5) is 49.9 Å². The maximum atomic E-state index is 13.4. The molecule has 32 heavy (non-hydrogen) atoms. The van der Waals surface area contributed by atoms with Crippen molar-refractivity contribution in [1.82, 2.24) is 19.6 Å². The molecule has 1 amide bonds. The molecule has 0 aliphatic carbocycles. The van der Waals surface area contributed by atoms with Crippen molar-refractivity contribution in [2.24, 2.45) is 0 Å². The average Bonchev–Trinajstić information content (AvgIpc) is 3.08. The molecule has 172 valence electrons. The van der Waals surface area contributed by atoms with Gasteiger partial charge in [0.05, 0.1) is 5.69 Å². The van der Waals surface area contributed by atoms with Crippen LogP contribution in [0.5, 0.6) is 0 Å². The number of aromatic nitrogens is 4. The predicted octanol–water partition coefficient (Wildman–Crippen LogP) is 4.58. The number of nitrogens with one attached hydrogen (secondary N) is 1. The van der Waals surface area contributed by atoms with Crippen LogP contribution in [-0.4, -0.2) is 43.5 Å². The van der Waals surface area contributed by atoms with Gasteiger partial charge in [0.2, 0.25) is 0 Å². The standard InChI is InChI=1S/C16H7F10N5O/c17-13(18,15(22,23)16(24,25)26)10(32)28-11-29-12-27-8(7-4-2-1-3-5-7)6-9(14(19,20)21)31(12)30-11/h1-6H,(H,28,30,32). The fraction of sp³-hybridized carbons (Fsp3) is 0.250. The van der Waals surface area contributed by atoms with Gasteiger partial charge in [-0.05, 0) is 6.07 Å². The zero-order valence-corrected chi connectivity index (χ0v) is 14.9. The third-order valence-electron chi connectivity index (χ3n) is 3.93. The highest BCUT2D eigenvalue weighted by Gasteiger charge is 2.76. The van der Waals surface area contributed by atoms with E-state index in [1.54, 1.807) is 6.07 Å². The average molecular weight is 475 g/mol. The molecule has 0 aliphatic rings. The van der Waals surface area contributed by atoms with Crippen LogP contribution in [0, 0.1) is 0 Å². The van der Waals surface area contributed by atoms with Gasteiger partial charge in [-0.15, -0.1) is 5.10 Å². The number of fused-ring (bicyclic) bond motifs is 1. The lowest BCUT2D eigenvalue weighted by Gasteiger charge is -2.26. The maximum absolute atomic E-state index is 13.4. The maximum Gasteiger partial charge on any atom is 0.460 e. The minimum Gasteiger partial charge on any atom is -0.288 e. The fourth-order valence-corrected chi connectivity index (χ4v) is 2.38. The lowest BCUT2D eigenvalue weighted by Crippen LogP contribution is -2.57. The summed E-state index contributed by atoms with van der Waals surface area (Å²) in [5, 5.41) is 3.91. The van der Waals surface area contributed by atoms with Crippen molar-refractivity contribution < 1.29 is 48.7 Å². The minimum absolute atomic E-state index is 0.0396. The lowest BCUT2D eigenvalue weighted by molar-refractivity contribution is -0.343. The monoisotopic (exact) mass is 475 g/mol. The van der Waals surface area contributed by atoms with E-state index < -0.39 is 47.5 Å². The highest BCUT2D eigenvalue weighted by molar-refractivity contribution is 5.95. The van der Waals surface area contributed by atoms with E-state index in [4.69, 9.17) is 0 Å². The number of amides is 1. The first kappa shape index (κ1) is 23.2. The number of anilines is 1. The van der Waals surface area contributed by atoms with Crippen LogP contribution in [0.15, 0.2) is 36.4 Å². The molecule has 0 saturated carbocycles. The molecular formula is C16H7F10N5O. The van der Waals surface area contributed by atoms with Crippen molar-refractivity contribution in [3.05, 3.63) is 42.1 Å². The van der Waals surface area contributed by atoms with E-state index in [-0.39, 0.29) is 15.8 Å². The summed E-state index contributed by atoms with van der Waals surface area (Å²) >= 11 is 0. The fourth-order valence-electron chi connectivity index (χ4n) is 2.38. The van der Waals surface area contributed by atoms with Crippen molar-refractivity contribution in [3.63, 3.8) is 0 Å². The summed E-state index contributed by atoms with van der Waals surface area (Å²) in [5.41, 5.74) is -1.67. The molecule has 0 aliphatic heterocycles. The molecular weight excluding hydrogens is 468 g/mol. The van der Waals surface area contributed by atoms with Crippen molar-refractivity contribution in [2.75, 3.05) is 5.32 Å². The van der Waals surface area contributed by atoms with Crippen LogP contribution < -0.4 is 5.32 Å². The van der Waals surface area contributed by atoms with Crippen LogP contribution in [-0.2, 0) is 11.0 Å². The van der Waals surface area contributed by atoms with Gasteiger partial charge in [-0.1, -0.05) is 30.3 Å². The molecule has 3 aromatic rings. The molecule has 0 fully saturated rings. The van der Waals surface area contributed by atoms with Gasteiger partial charge in [0.25, 0.3) is 11.7 Å². The summed E-state index contributed by atoms with van der Waals surface area (Å²) < 4.78 is 130. The van der Waals surface area contributed by atoms with Gasteiger partial charge in [-0.2, -0.15) is 53.4 Å². The Morgan fingerprint density at radius 3 is 2.00 bits per heavy atom. The van der Waals surface area contributed by atoms with Crippen LogP contribution in [0.3, 0.4) is 0 Å². The van der Waals surface area contributed by atoms with Crippen molar-refractivity contribution in [1.29, 1.82) is 0 Å². The number of alkyl halides is 10. The SMILES string of the molecule is O=C(Nc1nc2nc(-c3ccccc3)cc(C(F)(F)F)n2n1)C(F)(F)C(F)(F)C(F)(F)F. The number of nitrogens with zero attached hydrogens (tertiary/aromatic N) is 4. The number of halogens is 10. The smallest absolute Gasteiger partial charge is 0.288 e. The van der Waals surface area contributed by atoms with Crippen molar-refractivity contribution in [3.8, 4) is 11.3 Å². The first-order chi connectivity index (χ1) is 14.6. The Morgan fingerprint density at radius 2 is 1.47 bits per heavy atom. The van der Waals surface area contributed by atoms with Crippen molar-refractivity contribution >= 4 is 17.6 Å². The minimum atomic E-state index is -6.80. The molecule has 0 unspecified atom stereocenters. The molecule has 0 bridgehead atoms. The predicted molar refractivity (Wildman–Crippen MR) is 85.8 cm³/mol. The van der Waals surface area contributed by atoms with Gasteiger partial charge in [-0.25, -0.2) is 4.98 Å². The van der Waals surface area contributed by atoms with Gasteiger partial charge in [0.15, 0.2) is 5.69 Å². The first-order valence-electron chi connectivity index (χ1n) is 8.10. The van der Waals surface area contributed by atoms with Gasteiger partial charge >= 0.3 is 30.1 Å². The molecule has 3 rings (SSSR count). The number of benzene rings is 1. The Bertz CT molecular complexity index is 1150. The lowest BCUT2D eigenvalue weighted by atomic mass is 10.1. The second kappa shape index (κ2) is 7.30. The molecule has 1 N–H and O–H groups in total. The number of hydrogen-bond acceptors (Lipinski definition) is 4. The van der Waals surface area contributed by atoms with Crippen LogP contribution in [0.2, 0.25) is 0 Å². The van der Waals surface area contributed by atoms with E-state index in [1.807, 2.05) is 0 Å². The van der Waals surface area contributed by atoms with Crippen LogP contribution in [0.1, 0.15) is 5.69 Å². The van der Waals surface area contributed by atoms with E-state index >= 15 is 0 Å². The topological polar surface area (TPSA) is 72.2 Å².